The van der Waals surface area contributed by atoms with Crippen LogP contribution in [0.4, 0.5) is 0 Å². The molecule has 0 rings (SSSR count). The number of rotatable bonds is 11. The second kappa shape index (κ2) is 9.86. The molecule has 0 aliphatic heterocycles. The zero-order valence-corrected chi connectivity index (χ0v) is 12.3. The molecule has 0 aliphatic carbocycles. The summed E-state index contributed by atoms with van der Waals surface area (Å²) in [5, 5.41) is 0. The highest BCUT2D eigenvalue weighted by Gasteiger charge is 2.14. The first kappa shape index (κ1) is 16.9. The van der Waals surface area contributed by atoms with Gasteiger partial charge in [-0.1, -0.05) is 25.7 Å². The third-order valence-corrected chi connectivity index (χ3v) is 3.30. The highest BCUT2D eigenvalue weighted by atomic mass is 16.7. The molecule has 0 saturated carbocycles. The van der Waals surface area contributed by atoms with Crippen molar-refractivity contribution < 1.29 is 14.2 Å². The van der Waals surface area contributed by atoms with Crippen molar-refractivity contribution in [2.75, 3.05) is 21.3 Å². The van der Waals surface area contributed by atoms with Gasteiger partial charge < -0.3 is 14.2 Å². The van der Waals surface area contributed by atoms with Crippen LogP contribution in [0.15, 0.2) is 0 Å². The van der Waals surface area contributed by atoms with Crippen molar-refractivity contribution in [3.63, 3.8) is 0 Å². The minimum Gasteiger partial charge on any atom is -0.379 e. The average Bonchev–Trinajstić information content (AvgIpc) is 2.33. The van der Waals surface area contributed by atoms with Crippen molar-refractivity contribution in [1.29, 1.82) is 0 Å². The molecule has 0 aromatic heterocycles. The predicted octanol–water partition coefficient (Wildman–Crippen LogP) is 3.76. The van der Waals surface area contributed by atoms with E-state index in [9.17, 15) is 0 Å². The van der Waals surface area contributed by atoms with Crippen LogP contribution < -0.4 is 0 Å². The zero-order valence-electron chi connectivity index (χ0n) is 12.3. The smallest absolute Gasteiger partial charge is 0.156 e. The highest BCUT2D eigenvalue weighted by molar-refractivity contribution is 4.67. The lowest BCUT2D eigenvalue weighted by molar-refractivity contribution is -0.107. The Morgan fingerprint density at radius 3 is 1.88 bits per heavy atom. The molecule has 0 spiro atoms. The van der Waals surface area contributed by atoms with E-state index in [1.54, 1.807) is 21.3 Å². The number of methoxy groups -OCH3 is 3. The van der Waals surface area contributed by atoms with Crippen molar-refractivity contribution in [2.45, 2.75) is 70.7 Å². The molecule has 104 valence electrons. The fraction of sp³-hybridized carbons (Fsp3) is 1.00. The van der Waals surface area contributed by atoms with Gasteiger partial charge in [-0.2, -0.15) is 0 Å². The van der Waals surface area contributed by atoms with Gasteiger partial charge in [0.2, 0.25) is 0 Å². The highest BCUT2D eigenvalue weighted by Crippen LogP contribution is 2.18. The summed E-state index contributed by atoms with van der Waals surface area (Å²) in [4.78, 5) is 0. The SMILES string of the molecule is COC(CCCCCCCC(C)(C)OC)OC. The van der Waals surface area contributed by atoms with E-state index in [1.165, 1.54) is 32.1 Å². The summed E-state index contributed by atoms with van der Waals surface area (Å²) in [7, 11) is 5.18. The molecule has 0 aliphatic rings. The monoisotopic (exact) mass is 246 g/mol. The van der Waals surface area contributed by atoms with Crippen LogP contribution in [0.1, 0.15) is 58.8 Å². The summed E-state index contributed by atoms with van der Waals surface area (Å²) >= 11 is 0. The predicted molar refractivity (Wildman–Crippen MR) is 71.2 cm³/mol. The minimum absolute atomic E-state index is 0.0255. The molecule has 0 unspecified atom stereocenters. The van der Waals surface area contributed by atoms with E-state index in [0.717, 1.165) is 12.8 Å². The Labute approximate surface area is 107 Å². The number of ether oxygens (including phenoxy) is 3. The quantitative estimate of drug-likeness (QED) is 0.410. The van der Waals surface area contributed by atoms with Crippen molar-refractivity contribution in [2.24, 2.45) is 0 Å². The molecule has 0 N–H and O–H groups in total. The molecule has 0 saturated heterocycles. The largest absolute Gasteiger partial charge is 0.379 e. The summed E-state index contributed by atoms with van der Waals surface area (Å²) in [6.45, 7) is 4.30. The van der Waals surface area contributed by atoms with Crippen LogP contribution in [0.3, 0.4) is 0 Å². The zero-order chi connectivity index (χ0) is 13.1. The lowest BCUT2D eigenvalue weighted by Crippen LogP contribution is -2.21. The van der Waals surface area contributed by atoms with Gasteiger partial charge in [-0.25, -0.2) is 0 Å². The second-order valence-electron chi connectivity index (χ2n) is 5.17. The van der Waals surface area contributed by atoms with Gasteiger partial charge in [-0.3, -0.25) is 0 Å². The minimum atomic E-state index is -0.0255. The van der Waals surface area contributed by atoms with Crippen LogP contribution in [0, 0.1) is 0 Å². The van der Waals surface area contributed by atoms with Crippen LogP contribution in [0.2, 0.25) is 0 Å². The van der Waals surface area contributed by atoms with E-state index in [-0.39, 0.29) is 11.9 Å². The Morgan fingerprint density at radius 1 is 0.824 bits per heavy atom. The maximum atomic E-state index is 5.39. The third kappa shape index (κ3) is 9.57. The third-order valence-electron chi connectivity index (χ3n) is 3.30. The normalized spacial score (nSPS) is 12.4. The number of hydrogen-bond acceptors (Lipinski definition) is 3. The topological polar surface area (TPSA) is 27.7 Å². The van der Waals surface area contributed by atoms with Gasteiger partial charge in [0.25, 0.3) is 0 Å². The molecule has 0 fully saturated rings. The fourth-order valence-electron chi connectivity index (χ4n) is 1.83. The molecule has 3 heteroatoms. The van der Waals surface area contributed by atoms with Gasteiger partial charge in [0.1, 0.15) is 0 Å². The van der Waals surface area contributed by atoms with E-state index in [0.29, 0.717) is 0 Å². The van der Waals surface area contributed by atoms with Crippen molar-refractivity contribution >= 4 is 0 Å². The van der Waals surface area contributed by atoms with Crippen LogP contribution in [0.5, 0.6) is 0 Å². The molecular weight excluding hydrogens is 216 g/mol. The molecule has 17 heavy (non-hydrogen) atoms. The Morgan fingerprint density at radius 2 is 1.35 bits per heavy atom. The Kier molecular flexibility index (Phi) is 9.79. The first-order valence-electron chi connectivity index (χ1n) is 6.66. The number of unbranched alkanes of at least 4 members (excludes halogenated alkanes) is 4. The van der Waals surface area contributed by atoms with Gasteiger partial charge in [0.05, 0.1) is 5.60 Å². The molecule has 0 aromatic rings. The lowest BCUT2D eigenvalue weighted by Gasteiger charge is -2.22. The van der Waals surface area contributed by atoms with E-state index < -0.39 is 0 Å². The molecule has 0 aromatic carbocycles. The van der Waals surface area contributed by atoms with E-state index in [1.807, 2.05) is 0 Å². The van der Waals surface area contributed by atoms with Gasteiger partial charge in [0.15, 0.2) is 6.29 Å². The molecule has 0 atom stereocenters. The van der Waals surface area contributed by atoms with E-state index in [2.05, 4.69) is 13.8 Å². The van der Waals surface area contributed by atoms with Gasteiger partial charge in [-0.05, 0) is 33.1 Å². The average molecular weight is 246 g/mol. The summed E-state index contributed by atoms with van der Waals surface area (Å²) in [6, 6.07) is 0. The van der Waals surface area contributed by atoms with Crippen LogP contribution in [0.25, 0.3) is 0 Å². The molecule has 0 amide bonds. The fourth-order valence-corrected chi connectivity index (χ4v) is 1.83. The van der Waals surface area contributed by atoms with Gasteiger partial charge >= 0.3 is 0 Å². The first-order chi connectivity index (χ1) is 8.05. The first-order valence-corrected chi connectivity index (χ1v) is 6.66. The van der Waals surface area contributed by atoms with Crippen LogP contribution in [-0.2, 0) is 14.2 Å². The molecule has 0 heterocycles. The van der Waals surface area contributed by atoms with Crippen molar-refractivity contribution in [1.82, 2.24) is 0 Å². The molecule has 3 nitrogen and oxygen atoms in total. The number of hydrogen-bond donors (Lipinski definition) is 0. The van der Waals surface area contributed by atoms with E-state index in [4.69, 9.17) is 14.2 Å². The van der Waals surface area contributed by atoms with Crippen LogP contribution in [-0.4, -0.2) is 33.2 Å². The summed E-state index contributed by atoms with van der Waals surface area (Å²) in [5.41, 5.74) is 0.0389. The maximum absolute atomic E-state index is 5.39. The summed E-state index contributed by atoms with van der Waals surface area (Å²) in [6.07, 6.45) is 8.38. The van der Waals surface area contributed by atoms with Crippen LogP contribution >= 0.6 is 0 Å². The lowest BCUT2D eigenvalue weighted by atomic mass is 9.99. The Bertz CT molecular complexity index is 165. The van der Waals surface area contributed by atoms with Gasteiger partial charge in [-0.15, -0.1) is 0 Å². The summed E-state index contributed by atoms with van der Waals surface area (Å²) in [5.74, 6) is 0. The van der Waals surface area contributed by atoms with Crippen molar-refractivity contribution in [3.8, 4) is 0 Å². The summed E-state index contributed by atoms with van der Waals surface area (Å²) < 4.78 is 15.7. The van der Waals surface area contributed by atoms with Crippen molar-refractivity contribution in [3.05, 3.63) is 0 Å². The van der Waals surface area contributed by atoms with Gasteiger partial charge in [0, 0.05) is 21.3 Å². The molecular formula is C14H30O3. The maximum Gasteiger partial charge on any atom is 0.156 e. The molecule has 0 bridgehead atoms. The Balaban J connectivity index is 3.30. The Hall–Kier alpha value is -0.120. The second-order valence-corrected chi connectivity index (χ2v) is 5.17. The molecule has 0 radical (unpaired) electrons. The standard InChI is InChI=1S/C14H30O3/c1-14(2,17-5)12-10-8-6-7-9-11-13(15-3)16-4/h13H,6-12H2,1-5H3. The van der Waals surface area contributed by atoms with E-state index >= 15 is 0 Å².